The summed E-state index contributed by atoms with van der Waals surface area (Å²) in [5, 5.41) is 3.63. The second-order valence-electron chi connectivity index (χ2n) is 7.40. The summed E-state index contributed by atoms with van der Waals surface area (Å²) in [5.74, 6) is 1.80. The van der Waals surface area contributed by atoms with Crippen LogP contribution < -0.4 is 5.32 Å². The van der Waals surface area contributed by atoms with Gasteiger partial charge in [-0.1, -0.05) is 32.6 Å². The molecule has 0 bridgehead atoms. The smallest absolute Gasteiger partial charge is 0.0628 e. The third-order valence-corrected chi connectivity index (χ3v) is 5.48. The van der Waals surface area contributed by atoms with Crippen molar-refractivity contribution in [2.24, 2.45) is 17.3 Å². The lowest BCUT2D eigenvalue weighted by molar-refractivity contribution is -0.0506. The second-order valence-corrected chi connectivity index (χ2v) is 7.40. The molecule has 0 aromatic carbocycles. The van der Waals surface area contributed by atoms with Gasteiger partial charge in [0.1, 0.15) is 0 Å². The van der Waals surface area contributed by atoms with Crippen LogP contribution in [0.2, 0.25) is 0 Å². The molecule has 1 N–H and O–H groups in total. The molecule has 1 heterocycles. The van der Waals surface area contributed by atoms with Crippen molar-refractivity contribution in [1.82, 2.24) is 5.32 Å². The van der Waals surface area contributed by atoms with Crippen LogP contribution in [-0.2, 0) is 4.74 Å². The fraction of sp³-hybridized carbons (Fsp3) is 1.00. The van der Waals surface area contributed by atoms with Gasteiger partial charge in [0, 0.05) is 7.11 Å². The van der Waals surface area contributed by atoms with Crippen LogP contribution in [0.15, 0.2) is 0 Å². The van der Waals surface area contributed by atoms with Crippen molar-refractivity contribution < 1.29 is 4.74 Å². The molecule has 2 nitrogen and oxygen atoms in total. The third-order valence-electron chi connectivity index (χ3n) is 5.48. The van der Waals surface area contributed by atoms with Gasteiger partial charge in [0.2, 0.25) is 0 Å². The van der Waals surface area contributed by atoms with Gasteiger partial charge in [-0.05, 0) is 57.0 Å². The Labute approximate surface area is 113 Å². The molecule has 1 saturated heterocycles. The molecule has 0 aromatic rings. The highest BCUT2D eigenvalue weighted by molar-refractivity contribution is 4.96. The van der Waals surface area contributed by atoms with E-state index in [-0.39, 0.29) is 5.60 Å². The van der Waals surface area contributed by atoms with Crippen LogP contribution in [0, 0.1) is 17.3 Å². The largest absolute Gasteiger partial charge is 0.379 e. The number of hydrogen-bond acceptors (Lipinski definition) is 2. The fourth-order valence-electron chi connectivity index (χ4n) is 4.42. The molecule has 106 valence electrons. The van der Waals surface area contributed by atoms with Crippen LogP contribution in [0.5, 0.6) is 0 Å². The minimum Gasteiger partial charge on any atom is -0.379 e. The minimum atomic E-state index is 0.0168. The summed E-state index contributed by atoms with van der Waals surface area (Å²) in [6, 6.07) is 0. The SMILES string of the molecule is COC(C)(C)CC1(C)CCNCC1C1CCCC1. The van der Waals surface area contributed by atoms with Gasteiger partial charge in [0.05, 0.1) is 5.60 Å². The predicted octanol–water partition coefficient (Wildman–Crippen LogP) is 3.61. The maximum absolute atomic E-state index is 5.70. The molecule has 1 aliphatic heterocycles. The summed E-state index contributed by atoms with van der Waals surface area (Å²) in [5.41, 5.74) is 0.475. The van der Waals surface area contributed by atoms with E-state index in [9.17, 15) is 0 Å². The van der Waals surface area contributed by atoms with E-state index in [1.165, 1.54) is 51.6 Å². The van der Waals surface area contributed by atoms with Crippen molar-refractivity contribution >= 4 is 0 Å². The topological polar surface area (TPSA) is 21.3 Å². The average Bonchev–Trinajstić information content (AvgIpc) is 2.82. The Kier molecular flexibility index (Phi) is 4.38. The molecule has 0 amide bonds. The zero-order valence-corrected chi connectivity index (χ0v) is 12.7. The third kappa shape index (κ3) is 3.08. The maximum atomic E-state index is 5.70. The molecule has 1 saturated carbocycles. The normalized spacial score (nSPS) is 35.0. The number of piperidine rings is 1. The first-order chi connectivity index (χ1) is 8.47. The lowest BCUT2D eigenvalue weighted by Gasteiger charge is -2.48. The number of nitrogens with one attached hydrogen (secondary N) is 1. The van der Waals surface area contributed by atoms with E-state index in [0.29, 0.717) is 5.41 Å². The van der Waals surface area contributed by atoms with E-state index in [4.69, 9.17) is 4.74 Å². The molecule has 2 aliphatic rings. The molecule has 2 heteroatoms. The van der Waals surface area contributed by atoms with Crippen LogP contribution in [0.4, 0.5) is 0 Å². The number of hydrogen-bond donors (Lipinski definition) is 1. The molecule has 0 aromatic heterocycles. The fourth-order valence-corrected chi connectivity index (χ4v) is 4.42. The van der Waals surface area contributed by atoms with Gasteiger partial charge in [-0.15, -0.1) is 0 Å². The van der Waals surface area contributed by atoms with Gasteiger partial charge < -0.3 is 10.1 Å². The van der Waals surface area contributed by atoms with Crippen molar-refractivity contribution in [3.8, 4) is 0 Å². The van der Waals surface area contributed by atoms with Gasteiger partial charge >= 0.3 is 0 Å². The van der Waals surface area contributed by atoms with E-state index in [1.807, 2.05) is 7.11 Å². The summed E-state index contributed by atoms with van der Waals surface area (Å²) in [6.45, 7) is 9.40. The molecule has 0 radical (unpaired) electrons. The van der Waals surface area contributed by atoms with Crippen molar-refractivity contribution in [2.45, 2.75) is 64.9 Å². The first-order valence-corrected chi connectivity index (χ1v) is 7.73. The highest BCUT2D eigenvalue weighted by Crippen LogP contribution is 2.48. The monoisotopic (exact) mass is 253 g/mol. The molecule has 1 aliphatic carbocycles. The molecule has 2 atom stereocenters. The first kappa shape index (κ1) is 14.3. The molecular formula is C16H31NO. The Morgan fingerprint density at radius 1 is 1.28 bits per heavy atom. The molecule has 2 fully saturated rings. The lowest BCUT2D eigenvalue weighted by Crippen LogP contribution is -2.49. The first-order valence-electron chi connectivity index (χ1n) is 7.73. The van der Waals surface area contributed by atoms with E-state index >= 15 is 0 Å². The summed E-state index contributed by atoms with van der Waals surface area (Å²) >= 11 is 0. The van der Waals surface area contributed by atoms with E-state index in [0.717, 1.165) is 11.8 Å². The van der Waals surface area contributed by atoms with E-state index < -0.39 is 0 Å². The van der Waals surface area contributed by atoms with Crippen LogP contribution in [0.25, 0.3) is 0 Å². The molecule has 2 rings (SSSR count). The van der Waals surface area contributed by atoms with E-state index in [1.54, 1.807) is 0 Å². The van der Waals surface area contributed by atoms with Gasteiger partial charge in [-0.25, -0.2) is 0 Å². The van der Waals surface area contributed by atoms with E-state index in [2.05, 4.69) is 26.1 Å². The molecule has 0 spiro atoms. The predicted molar refractivity (Wildman–Crippen MR) is 76.7 cm³/mol. The Hall–Kier alpha value is -0.0800. The zero-order valence-electron chi connectivity index (χ0n) is 12.7. The Balaban J connectivity index is 2.09. The minimum absolute atomic E-state index is 0.0168. The van der Waals surface area contributed by atoms with Crippen molar-refractivity contribution in [3.05, 3.63) is 0 Å². The molecular weight excluding hydrogens is 222 g/mol. The summed E-state index contributed by atoms with van der Waals surface area (Å²) in [7, 11) is 1.86. The zero-order chi connectivity index (χ0) is 13.2. The van der Waals surface area contributed by atoms with Gasteiger partial charge in [-0.3, -0.25) is 0 Å². The average molecular weight is 253 g/mol. The van der Waals surface area contributed by atoms with Crippen LogP contribution in [0.1, 0.15) is 59.3 Å². The van der Waals surface area contributed by atoms with Crippen LogP contribution in [0.3, 0.4) is 0 Å². The summed E-state index contributed by atoms with van der Waals surface area (Å²) in [4.78, 5) is 0. The van der Waals surface area contributed by atoms with Crippen LogP contribution in [-0.4, -0.2) is 25.8 Å². The standard InChI is InChI=1S/C16H31NO/c1-15(2,18-4)12-16(3)9-10-17-11-14(16)13-7-5-6-8-13/h13-14,17H,5-12H2,1-4H3. The number of ether oxygens (including phenoxy) is 1. The van der Waals surface area contributed by atoms with Gasteiger partial charge in [0.25, 0.3) is 0 Å². The Bertz CT molecular complexity index is 270. The summed E-state index contributed by atoms with van der Waals surface area (Å²) < 4.78 is 5.70. The van der Waals surface area contributed by atoms with Crippen molar-refractivity contribution in [2.75, 3.05) is 20.2 Å². The molecule has 2 unspecified atom stereocenters. The van der Waals surface area contributed by atoms with Crippen molar-refractivity contribution in [3.63, 3.8) is 0 Å². The van der Waals surface area contributed by atoms with Crippen LogP contribution >= 0.6 is 0 Å². The number of methoxy groups -OCH3 is 1. The second kappa shape index (κ2) is 5.50. The maximum Gasteiger partial charge on any atom is 0.0628 e. The summed E-state index contributed by atoms with van der Waals surface area (Å²) in [6.07, 6.45) is 8.31. The highest BCUT2D eigenvalue weighted by Gasteiger charge is 2.44. The Morgan fingerprint density at radius 2 is 1.94 bits per heavy atom. The quantitative estimate of drug-likeness (QED) is 0.826. The number of rotatable bonds is 4. The van der Waals surface area contributed by atoms with Gasteiger partial charge in [0.15, 0.2) is 0 Å². The van der Waals surface area contributed by atoms with Gasteiger partial charge in [-0.2, -0.15) is 0 Å². The lowest BCUT2D eigenvalue weighted by atomic mass is 9.62. The Morgan fingerprint density at radius 3 is 2.56 bits per heavy atom. The van der Waals surface area contributed by atoms with Crippen molar-refractivity contribution in [1.29, 1.82) is 0 Å². The molecule has 18 heavy (non-hydrogen) atoms. The highest BCUT2D eigenvalue weighted by atomic mass is 16.5.